The lowest BCUT2D eigenvalue weighted by Gasteiger charge is -2.30. The zero-order chi connectivity index (χ0) is 19.2. The molecule has 3 rings (SSSR count). The maximum atomic E-state index is 13.2. The van der Waals surface area contributed by atoms with Crippen molar-refractivity contribution in [2.75, 3.05) is 6.54 Å². The fourth-order valence-electron chi connectivity index (χ4n) is 3.38. The minimum absolute atomic E-state index is 0.117. The molecule has 1 saturated heterocycles. The summed E-state index contributed by atoms with van der Waals surface area (Å²) >= 11 is 0. The molecule has 2 aromatic carbocycles. The standard InChI is InChI=1S/C22H25FN2O2/c1-2-16-6-10-18(11-7-16)22(27)25(15-17-8-12-19(23)13-9-17)20-5-3-4-14-24-21(20)26/h6-13,20H,2-5,14-15H2,1H3,(H,24,26). The van der Waals surface area contributed by atoms with Gasteiger partial charge in [0.1, 0.15) is 11.9 Å². The molecule has 0 aromatic heterocycles. The number of carbonyl (C=O) groups excluding carboxylic acids is 2. The molecule has 1 aliphatic heterocycles. The molecule has 1 unspecified atom stereocenters. The predicted molar refractivity (Wildman–Crippen MR) is 103 cm³/mol. The van der Waals surface area contributed by atoms with E-state index in [1.54, 1.807) is 17.0 Å². The fourth-order valence-corrected chi connectivity index (χ4v) is 3.38. The van der Waals surface area contributed by atoms with Gasteiger partial charge in [0, 0.05) is 18.7 Å². The Morgan fingerprint density at radius 1 is 1.07 bits per heavy atom. The van der Waals surface area contributed by atoms with Gasteiger partial charge >= 0.3 is 0 Å². The van der Waals surface area contributed by atoms with Gasteiger partial charge in [0.25, 0.3) is 5.91 Å². The summed E-state index contributed by atoms with van der Waals surface area (Å²) in [5.41, 5.74) is 2.52. The Labute approximate surface area is 159 Å². The van der Waals surface area contributed by atoms with Crippen molar-refractivity contribution in [3.05, 3.63) is 71.0 Å². The van der Waals surface area contributed by atoms with E-state index in [4.69, 9.17) is 0 Å². The Morgan fingerprint density at radius 2 is 1.74 bits per heavy atom. The maximum absolute atomic E-state index is 13.2. The second-order valence-corrected chi connectivity index (χ2v) is 6.91. The van der Waals surface area contributed by atoms with Crippen molar-refractivity contribution in [1.29, 1.82) is 0 Å². The molecule has 0 bridgehead atoms. The van der Waals surface area contributed by atoms with Crippen LogP contribution in [0.5, 0.6) is 0 Å². The van der Waals surface area contributed by atoms with Crippen molar-refractivity contribution in [2.45, 2.75) is 45.2 Å². The highest BCUT2D eigenvalue weighted by Gasteiger charge is 2.31. The Bertz CT molecular complexity index is 787. The van der Waals surface area contributed by atoms with E-state index in [0.29, 0.717) is 18.5 Å². The first-order valence-electron chi connectivity index (χ1n) is 9.50. The first-order valence-corrected chi connectivity index (χ1v) is 9.50. The average Bonchev–Trinajstić information content (AvgIpc) is 2.91. The van der Waals surface area contributed by atoms with Gasteiger partial charge in [-0.1, -0.05) is 31.2 Å². The van der Waals surface area contributed by atoms with Crippen molar-refractivity contribution >= 4 is 11.8 Å². The molecule has 2 aromatic rings. The molecule has 4 nitrogen and oxygen atoms in total. The van der Waals surface area contributed by atoms with Gasteiger partial charge in [-0.25, -0.2) is 4.39 Å². The lowest BCUT2D eigenvalue weighted by Crippen LogP contribution is -2.48. The molecule has 0 radical (unpaired) electrons. The molecular weight excluding hydrogens is 343 g/mol. The number of halogens is 1. The summed E-state index contributed by atoms with van der Waals surface area (Å²) in [4.78, 5) is 27.4. The largest absolute Gasteiger partial charge is 0.354 e. The number of benzene rings is 2. The van der Waals surface area contributed by atoms with Crippen LogP contribution in [0.25, 0.3) is 0 Å². The predicted octanol–water partition coefficient (Wildman–Crippen LogP) is 3.70. The molecule has 1 atom stereocenters. The van der Waals surface area contributed by atoms with Gasteiger partial charge in [0.15, 0.2) is 0 Å². The lowest BCUT2D eigenvalue weighted by molar-refractivity contribution is -0.125. The molecule has 0 saturated carbocycles. The van der Waals surface area contributed by atoms with Crippen molar-refractivity contribution in [2.24, 2.45) is 0 Å². The highest BCUT2D eigenvalue weighted by atomic mass is 19.1. The van der Waals surface area contributed by atoms with E-state index in [-0.39, 0.29) is 24.2 Å². The number of rotatable bonds is 5. The number of aryl methyl sites for hydroxylation is 1. The second kappa shape index (κ2) is 8.80. The number of carbonyl (C=O) groups is 2. The van der Waals surface area contributed by atoms with Crippen LogP contribution in [0.4, 0.5) is 4.39 Å². The second-order valence-electron chi connectivity index (χ2n) is 6.91. The highest BCUT2D eigenvalue weighted by molar-refractivity contribution is 5.97. The molecule has 1 heterocycles. The SMILES string of the molecule is CCc1ccc(C(=O)N(Cc2ccc(F)cc2)C2CCCCNC2=O)cc1. The van der Waals surface area contributed by atoms with E-state index in [0.717, 1.165) is 30.4 Å². The fraction of sp³-hybridized carbons (Fsp3) is 0.364. The van der Waals surface area contributed by atoms with Crippen molar-refractivity contribution < 1.29 is 14.0 Å². The van der Waals surface area contributed by atoms with E-state index < -0.39 is 6.04 Å². The van der Waals surface area contributed by atoms with E-state index in [2.05, 4.69) is 12.2 Å². The zero-order valence-electron chi connectivity index (χ0n) is 15.6. The summed E-state index contributed by atoms with van der Waals surface area (Å²) in [6.45, 7) is 2.97. The van der Waals surface area contributed by atoms with Crippen molar-refractivity contribution in [3.8, 4) is 0 Å². The minimum atomic E-state index is -0.518. The van der Waals surface area contributed by atoms with Gasteiger partial charge in [-0.15, -0.1) is 0 Å². The van der Waals surface area contributed by atoms with Crippen molar-refractivity contribution in [3.63, 3.8) is 0 Å². The summed E-state index contributed by atoms with van der Waals surface area (Å²) in [6, 6.07) is 13.1. The molecule has 27 heavy (non-hydrogen) atoms. The van der Waals surface area contributed by atoms with Gasteiger partial charge in [-0.05, 0) is 61.1 Å². The molecule has 1 N–H and O–H groups in total. The van der Waals surface area contributed by atoms with Crippen LogP contribution < -0.4 is 5.32 Å². The van der Waals surface area contributed by atoms with Crippen LogP contribution >= 0.6 is 0 Å². The quantitative estimate of drug-likeness (QED) is 0.875. The molecule has 1 aliphatic rings. The molecule has 1 fully saturated rings. The Morgan fingerprint density at radius 3 is 2.41 bits per heavy atom. The molecule has 0 aliphatic carbocycles. The normalized spacial score (nSPS) is 17.1. The molecule has 5 heteroatoms. The van der Waals surface area contributed by atoms with Crippen LogP contribution in [0.15, 0.2) is 48.5 Å². The molecular formula is C22H25FN2O2. The Balaban J connectivity index is 1.90. The number of nitrogens with zero attached hydrogens (tertiary/aromatic N) is 1. The van der Waals surface area contributed by atoms with Crippen LogP contribution in [0.3, 0.4) is 0 Å². The molecule has 142 valence electrons. The van der Waals surface area contributed by atoms with Crippen LogP contribution in [-0.2, 0) is 17.8 Å². The van der Waals surface area contributed by atoms with Gasteiger partial charge in [0.05, 0.1) is 0 Å². The first-order chi connectivity index (χ1) is 13.1. The van der Waals surface area contributed by atoms with Gasteiger partial charge in [-0.3, -0.25) is 9.59 Å². The molecule has 2 amide bonds. The minimum Gasteiger partial charge on any atom is -0.354 e. The van der Waals surface area contributed by atoms with Crippen LogP contribution in [0.1, 0.15) is 47.7 Å². The third-order valence-electron chi connectivity index (χ3n) is 5.02. The summed E-state index contributed by atoms with van der Waals surface area (Å²) in [5, 5.41) is 2.90. The first kappa shape index (κ1) is 19.1. The third-order valence-corrected chi connectivity index (χ3v) is 5.02. The summed E-state index contributed by atoms with van der Waals surface area (Å²) in [5.74, 6) is -0.615. The monoisotopic (exact) mass is 368 g/mol. The summed E-state index contributed by atoms with van der Waals surface area (Å²) < 4.78 is 13.2. The van der Waals surface area contributed by atoms with E-state index in [9.17, 15) is 14.0 Å². The van der Waals surface area contributed by atoms with E-state index >= 15 is 0 Å². The van der Waals surface area contributed by atoms with Crippen LogP contribution in [0.2, 0.25) is 0 Å². The number of hydrogen-bond donors (Lipinski definition) is 1. The number of amides is 2. The number of nitrogens with one attached hydrogen (secondary N) is 1. The maximum Gasteiger partial charge on any atom is 0.254 e. The van der Waals surface area contributed by atoms with Crippen LogP contribution in [0, 0.1) is 5.82 Å². The third kappa shape index (κ3) is 4.73. The highest BCUT2D eigenvalue weighted by Crippen LogP contribution is 2.20. The van der Waals surface area contributed by atoms with Gasteiger partial charge in [0.2, 0.25) is 5.91 Å². The zero-order valence-corrected chi connectivity index (χ0v) is 15.6. The Kier molecular flexibility index (Phi) is 6.22. The smallest absolute Gasteiger partial charge is 0.254 e. The van der Waals surface area contributed by atoms with Gasteiger partial charge < -0.3 is 10.2 Å². The summed E-state index contributed by atoms with van der Waals surface area (Å²) in [6.07, 6.45) is 3.32. The van der Waals surface area contributed by atoms with Gasteiger partial charge in [-0.2, -0.15) is 0 Å². The molecule has 0 spiro atoms. The number of hydrogen-bond acceptors (Lipinski definition) is 2. The van der Waals surface area contributed by atoms with E-state index in [1.165, 1.54) is 12.1 Å². The lowest BCUT2D eigenvalue weighted by atomic mass is 10.0. The summed E-state index contributed by atoms with van der Waals surface area (Å²) in [7, 11) is 0. The van der Waals surface area contributed by atoms with Crippen LogP contribution in [-0.4, -0.2) is 29.3 Å². The Hall–Kier alpha value is -2.69. The van der Waals surface area contributed by atoms with Crippen molar-refractivity contribution in [1.82, 2.24) is 10.2 Å². The van der Waals surface area contributed by atoms with E-state index in [1.807, 2.05) is 24.3 Å². The average molecular weight is 368 g/mol. The topological polar surface area (TPSA) is 49.4 Å².